The molecule has 0 aliphatic heterocycles. The standard InChI is InChI=1S/C12H14BrNO3/c1-2-14-11(15)7-9(12(16)17)8-5-3-4-6-10(8)13/h3-6,9H,2,7H2,1H3,(H,14,15)(H,16,17). The van der Waals surface area contributed by atoms with E-state index in [0.717, 1.165) is 0 Å². The molecule has 0 aromatic heterocycles. The van der Waals surface area contributed by atoms with Gasteiger partial charge >= 0.3 is 5.97 Å². The molecule has 0 aliphatic carbocycles. The molecule has 1 aromatic carbocycles. The summed E-state index contributed by atoms with van der Waals surface area (Å²) >= 11 is 3.30. The number of nitrogens with one attached hydrogen (secondary N) is 1. The fraction of sp³-hybridized carbons (Fsp3) is 0.333. The molecule has 0 heterocycles. The molecule has 17 heavy (non-hydrogen) atoms. The molecule has 2 N–H and O–H groups in total. The van der Waals surface area contributed by atoms with Crippen LogP contribution in [0.5, 0.6) is 0 Å². The number of benzene rings is 1. The number of hydrogen-bond acceptors (Lipinski definition) is 2. The van der Waals surface area contributed by atoms with Crippen LogP contribution in [0.1, 0.15) is 24.8 Å². The van der Waals surface area contributed by atoms with E-state index in [1.165, 1.54) is 0 Å². The van der Waals surface area contributed by atoms with Gasteiger partial charge in [-0.1, -0.05) is 34.1 Å². The predicted octanol–water partition coefficient (Wildman–Crippen LogP) is 2.14. The predicted molar refractivity (Wildman–Crippen MR) is 67.8 cm³/mol. The Morgan fingerprint density at radius 3 is 2.59 bits per heavy atom. The first kappa shape index (κ1) is 13.7. The summed E-state index contributed by atoms with van der Waals surface area (Å²) in [5.41, 5.74) is 0.617. The Morgan fingerprint density at radius 1 is 1.41 bits per heavy atom. The van der Waals surface area contributed by atoms with E-state index >= 15 is 0 Å². The minimum atomic E-state index is -0.997. The van der Waals surface area contributed by atoms with Crippen molar-refractivity contribution in [2.75, 3.05) is 6.54 Å². The monoisotopic (exact) mass is 299 g/mol. The van der Waals surface area contributed by atoms with E-state index in [1.807, 2.05) is 0 Å². The first-order valence-electron chi connectivity index (χ1n) is 5.30. The van der Waals surface area contributed by atoms with Crippen LogP contribution in [0, 0.1) is 0 Å². The second-order valence-corrected chi connectivity index (χ2v) is 4.42. The minimum Gasteiger partial charge on any atom is -0.481 e. The third kappa shape index (κ3) is 3.85. The summed E-state index contributed by atoms with van der Waals surface area (Å²) in [7, 11) is 0. The molecule has 4 nitrogen and oxygen atoms in total. The largest absolute Gasteiger partial charge is 0.481 e. The van der Waals surface area contributed by atoms with Crippen LogP contribution in [0.4, 0.5) is 0 Å². The van der Waals surface area contributed by atoms with Crippen molar-refractivity contribution in [1.29, 1.82) is 0 Å². The Bertz CT molecular complexity index is 420. The van der Waals surface area contributed by atoms with E-state index in [1.54, 1.807) is 31.2 Å². The Labute approximate surface area is 108 Å². The normalized spacial score (nSPS) is 11.9. The summed E-state index contributed by atoms with van der Waals surface area (Å²) in [6, 6.07) is 7.04. The molecule has 1 aromatic rings. The molecule has 1 unspecified atom stereocenters. The number of amides is 1. The van der Waals surface area contributed by atoms with Crippen molar-refractivity contribution in [1.82, 2.24) is 5.32 Å². The molecule has 0 radical (unpaired) electrons. The minimum absolute atomic E-state index is 0.0498. The van der Waals surface area contributed by atoms with Crippen LogP contribution < -0.4 is 5.32 Å². The fourth-order valence-electron chi connectivity index (χ4n) is 1.54. The zero-order chi connectivity index (χ0) is 12.8. The van der Waals surface area contributed by atoms with E-state index in [4.69, 9.17) is 5.11 Å². The molecule has 5 heteroatoms. The molecule has 0 aliphatic rings. The van der Waals surface area contributed by atoms with Crippen molar-refractivity contribution in [2.24, 2.45) is 0 Å². The van der Waals surface area contributed by atoms with Crippen LogP contribution in [0.3, 0.4) is 0 Å². The third-order valence-electron chi connectivity index (χ3n) is 2.34. The van der Waals surface area contributed by atoms with Crippen molar-refractivity contribution in [3.8, 4) is 0 Å². The molecular weight excluding hydrogens is 286 g/mol. The molecule has 0 fully saturated rings. The first-order chi connectivity index (χ1) is 8.06. The lowest BCUT2D eigenvalue weighted by atomic mass is 9.95. The van der Waals surface area contributed by atoms with Crippen molar-refractivity contribution in [3.05, 3.63) is 34.3 Å². The topological polar surface area (TPSA) is 66.4 Å². The number of rotatable bonds is 5. The number of carbonyl (C=O) groups excluding carboxylic acids is 1. The summed E-state index contributed by atoms with van der Waals surface area (Å²) in [5.74, 6) is -2.07. The van der Waals surface area contributed by atoms with Gasteiger partial charge in [0.2, 0.25) is 5.91 Å². The van der Waals surface area contributed by atoms with Crippen LogP contribution in [0.15, 0.2) is 28.7 Å². The van der Waals surface area contributed by atoms with Crippen LogP contribution in [0.25, 0.3) is 0 Å². The van der Waals surface area contributed by atoms with Crippen LogP contribution in [-0.2, 0) is 9.59 Å². The van der Waals surface area contributed by atoms with Crippen molar-refractivity contribution < 1.29 is 14.7 Å². The van der Waals surface area contributed by atoms with Crippen molar-refractivity contribution in [3.63, 3.8) is 0 Å². The summed E-state index contributed by atoms with van der Waals surface area (Å²) in [6.45, 7) is 2.30. The lowest BCUT2D eigenvalue weighted by Crippen LogP contribution is -2.27. The highest BCUT2D eigenvalue weighted by molar-refractivity contribution is 9.10. The Kier molecular flexibility index (Phi) is 5.15. The molecule has 0 spiro atoms. The number of carbonyl (C=O) groups is 2. The highest BCUT2D eigenvalue weighted by Crippen LogP contribution is 2.27. The zero-order valence-electron chi connectivity index (χ0n) is 9.44. The van der Waals surface area contributed by atoms with Gasteiger partial charge in [-0.15, -0.1) is 0 Å². The molecule has 1 atom stereocenters. The summed E-state index contributed by atoms with van der Waals surface area (Å²) in [5, 5.41) is 11.8. The Balaban J connectivity index is 2.91. The number of carboxylic acids is 1. The van der Waals surface area contributed by atoms with Gasteiger partial charge in [0, 0.05) is 17.4 Å². The second kappa shape index (κ2) is 6.39. The van der Waals surface area contributed by atoms with Gasteiger partial charge in [0.05, 0.1) is 5.92 Å². The lowest BCUT2D eigenvalue weighted by Gasteiger charge is -2.13. The highest BCUT2D eigenvalue weighted by atomic mass is 79.9. The van der Waals surface area contributed by atoms with E-state index in [2.05, 4.69) is 21.2 Å². The SMILES string of the molecule is CCNC(=O)CC(C(=O)O)c1ccccc1Br. The number of aliphatic carboxylic acids is 1. The van der Waals surface area contributed by atoms with Gasteiger partial charge in [-0.25, -0.2) is 0 Å². The van der Waals surface area contributed by atoms with Gasteiger partial charge < -0.3 is 10.4 Å². The molecule has 0 bridgehead atoms. The fourth-order valence-corrected chi connectivity index (χ4v) is 2.10. The summed E-state index contributed by atoms with van der Waals surface area (Å²) in [4.78, 5) is 22.6. The first-order valence-corrected chi connectivity index (χ1v) is 6.09. The summed E-state index contributed by atoms with van der Waals surface area (Å²) < 4.78 is 0.705. The van der Waals surface area contributed by atoms with Crippen LogP contribution in [-0.4, -0.2) is 23.5 Å². The van der Waals surface area contributed by atoms with Crippen molar-refractivity contribution in [2.45, 2.75) is 19.3 Å². The van der Waals surface area contributed by atoms with E-state index < -0.39 is 11.9 Å². The van der Waals surface area contributed by atoms with Crippen molar-refractivity contribution >= 4 is 27.8 Å². The smallest absolute Gasteiger partial charge is 0.311 e. The van der Waals surface area contributed by atoms with E-state index in [0.29, 0.717) is 16.6 Å². The Hall–Kier alpha value is -1.36. The lowest BCUT2D eigenvalue weighted by molar-refractivity contribution is -0.140. The molecule has 1 amide bonds. The van der Waals surface area contributed by atoms with Crippen LogP contribution in [0.2, 0.25) is 0 Å². The van der Waals surface area contributed by atoms with Crippen LogP contribution >= 0.6 is 15.9 Å². The maximum Gasteiger partial charge on any atom is 0.311 e. The highest BCUT2D eigenvalue weighted by Gasteiger charge is 2.24. The molecule has 0 saturated heterocycles. The van der Waals surface area contributed by atoms with Gasteiger partial charge in [0.25, 0.3) is 0 Å². The van der Waals surface area contributed by atoms with Gasteiger partial charge in [-0.2, -0.15) is 0 Å². The molecule has 0 saturated carbocycles. The average molecular weight is 300 g/mol. The maximum absolute atomic E-state index is 11.5. The maximum atomic E-state index is 11.5. The zero-order valence-corrected chi connectivity index (χ0v) is 11.0. The molecule has 92 valence electrons. The van der Waals surface area contributed by atoms with Gasteiger partial charge in [0.1, 0.15) is 0 Å². The second-order valence-electron chi connectivity index (χ2n) is 3.57. The van der Waals surface area contributed by atoms with Gasteiger partial charge in [0.15, 0.2) is 0 Å². The number of halogens is 1. The quantitative estimate of drug-likeness (QED) is 0.875. The molecular formula is C12H14BrNO3. The average Bonchev–Trinajstić information content (AvgIpc) is 2.27. The van der Waals surface area contributed by atoms with E-state index in [-0.39, 0.29) is 12.3 Å². The molecule has 1 rings (SSSR count). The van der Waals surface area contributed by atoms with E-state index in [9.17, 15) is 9.59 Å². The summed E-state index contributed by atoms with van der Waals surface area (Å²) in [6.07, 6.45) is -0.0498. The third-order valence-corrected chi connectivity index (χ3v) is 3.06. The van der Waals surface area contributed by atoms with Gasteiger partial charge in [-0.05, 0) is 18.6 Å². The number of hydrogen-bond donors (Lipinski definition) is 2. The Morgan fingerprint density at radius 2 is 2.06 bits per heavy atom. The van der Waals surface area contributed by atoms with Gasteiger partial charge in [-0.3, -0.25) is 9.59 Å². The number of carboxylic acid groups (broad SMARTS) is 1.